The summed E-state index contributed by atoms with van der Waals surface area (Å²) in [6.45, 7) is 7.72. The number of nitrogens with zero attached hydrogens (tertiary/aromatic N) is 1. The third-order valence-electron chi connectivity index (χ3n) is 4.11. The number of rotatable bonds is 4. The molecule has 0 aromatic rings. The fraction of sp³-hybridized carbons (Fsp3) is 0.933. The van der Waals surface area contributed by atoms with Crippen molar-refractivity contribution >= 4 is 6.09 Å². The van der Waals surface area contributed by atoms with Crippen LogP contribution in [0.2, 0.25) is 0 Å². The lowest BCUT2D eigenvalue weighted by Gasteiger charge is -2.39. The maximum Gasteiger partial charge on any atom is 0.410 e. The summed E-state index contributed by atoms with van der Waals surface area (Å²) in [5.41, 5.74) is -0.174. The average Bonchev–Trinajstić information content (AvgIpc) is 3.10. The Morgan fingerprint density at radius 1 is 1.35 bits per heavy atom. The maximum atomic E-state index is 12.1. The van der Waals surface area contributed by atoms with Crippen LogP contribution >= 0.6 is 0 Å². The number of aliphatic hydroxyl groups excluding tert-OH is 1. The van der Waals surface area contributed by atoms with Crippen LogP contribution in [0.5, 0.6) is 0 Å². The van der Waals surface area contributed by atoms with Crippen LogP contribution < -0.4 is 0 Å². The van der Waals surface area contributed by atoms with E-state index in [0.717, 1.165) is 13.0 Å². The molecular weight excluding hydrogens is 258 g/mol. The van der Waals surface area contributed by atoms with E-state index in [0.29, 0.717) is 19.6 Å². The van der Waals surface area contributed by atoms with Crippen LogP contribution in [0.3, 0.4) is 0 Å². The Balaban J connectivity index is 1.89. The van der Waals surface area contributed by atoms with Crippen molar-refractivity contribution < 1.29 is 19.4 Å². The number of aliphatic hydroxyl groups is 1. The van der Waals surface area contributed by atoms with E-state index in [1.807, 2.05) is 20.8 Å². The predicted molar refractivity (Wildman–Crippen MR) is 75.5 cm³/mol. The van der Waals surface area contributed by atoms with Crippen LogP contribution in [0.1, 0.15) is 46.5 Å². The lowest BCUT2D eigenvalue weighted by atomic mass is 9.90. The minimum Gasteiger partial charge on any atom is -0.444 e. The lowest BCUT2D eigenvalue weighted by molar-refractivity contribution is -0.0575. The molecule has 1 heterocycles. The molecule has 1 aliphatic heterocycles. The zero-order valence-corrected chi connectivity index (χ0v) is 12.9. The maximum absolute atomic E-state index is 12.1. The van der Waals surface area contributed by atoms with Crippen LogP contribution in [-0.2, 0) is 9.47 Å². The summed E-state index contributed by atoms with van der Waals surface area (Å²) in [6.07, 6.45) is 3.88. The summed E-state index contributed by atoms with van der Waals surface area (Å²) in [4.78, 5) is 13.9. The van der Waals surface area contributed by atoms with Crippen molar-refractivity contribution in [3.8, 4) is 0 Å². The molecule has 1 amide bonds. The molecule has 5 heteroatoms. The highest BCUT2D eigenvalue weighted by Crippen LogP contribution is 2.54. The minimum absolute atomic E-state index is 0.0929. The van der Waals surface area contributed by atoms with Crippen molar-refractivity contribution in [2.24, 2.45) is 5.41 Å². The largest absolute Gasteiger partial charge is 0.444 e. The first-order valence-electron chi connectivity index (χ1n) is 7.57. The molecule has 0 bridgehead atoms. The highest BCUT2D eigenvalue weighted by atomic mass is 16.6. The summed E-state index contributed by atoms with van der Waals surface area (Å²) < 4.78 is 11.3. The monoisotopic (exact) mass is 285 g/mol. The highest BCUT2D eigenvalue weighted by molar-refractivity contribution is 5.68. The van der Waals surface area contributed by atoms with Gasteiger partial charge in [-0.05, 0) is 46.5 Å². The van der Waals surface area contributed by atoms with Gasteiger partial charge in [-0.1, -0.05) is 0 Å². The number of hydrogen-bond acceptors (Lipinski definition) is 4. The first-order chi connectivity index (χ1) is 9.36. The lowest BCUT2D eigenvalue weighted by Crippen LogP contribution is -2.50. The third kappa shape index (κ3) is 3.85. The first-order valence-corrected chi connectivity index (χ1v) is 7.57. The molecule has 1 spiro atoms. The quantitative estimate of drug-likeness (QED) is 0.804. The molecule has 0 aromatic carbocycles. The highest BCUT2D eigenvalue weighted by Gasteiger charge is 2.53. The Hall–Kier alpha value is -0.810. The molecule has 1 saturated carbocycles. The number of piperidine rings is 1. The van der Waals surface area contributed by atoms with Crippen molar-refractivity contribution in [3.05, 3.63) is 0 Å². The molecule has 2 rings (SSSR count). The fourth-order valence-electron chi connectivity index (χ4n) is 2.75. The van der Waals surface area contributed by atoms with Crippen LogP contribution in [0.15, 0.2) is 0 Å². The van der Waals surface area contributed by atoms with Crippen LogP contribution in [-0.4, -0.2) is 54.1 Å². The molecular formula is C15H27NO4. The molecule has 116 valence electrons. The van der Waals surface area contributed by atoms with Crippen molar-refractivity contribution in [1.82, 2.24) is 4.90 Å². The van der Waals surface area contributed by atoms with Crippen molar-refractivity contribution in [1.29, 1.82) is 0 Å². The standard InChI is InChI=1S/C15H27NO4/c1-14(2,3)20-13(18)16-8-7-15(5-6-15)12(11-16)19-10-4-9-17/h12,17H,4-11H2,1-3H3. The number of likely N-dealkylation sites (tertiary alicyclic amines) is 1. The van der Waals surface area contributed by atoms with Gasteiger partial charge in [0.2, 0.25) is 0 Å². The van der Waals surface area contributed by atoms with Gasteiger partial charge in [-0.15, -0.1) is 0 Å². The Morgan fingerprint density at radius 2 is 2.05 bits per heavy atom. The second-order valence-corrected chi connectivity index (χ2v) is 6.98. The van der Waals surface area contributed by atoms with E-state index in [-0.39, 0.29) is 24.2 Å². The number of ether oxygens (including phenoxy) is 2. The van der Waals surface area contributed by atoms with Crippen LogP contribution in [0.25, 0.3) is 0 Å². The summed E-state index contributed by atoms with van der Waals surface area (Å²) in [5.74, 6) is 0. The first kappa shape index (κ1) is 15.6. The second-order valence-electron chi connectivity index (χ2n) is 6.98. The molecule has 0 aromatic heterocycles. The molecule has 1 saturated heterocycles. The molecule has 20 heavy (non-hydrogen) atoms. The summed E-state index contributed by atoms with van der Waals surface area (Å²) in [7, 11) is 0. The Kier molecular flexibility index (Phi) is 4.59. The summed E-state index contributed by atoms with van der Waals surface area (Å²) in [5, 5.41) is 8.84. The van der Waals surface area contributed by atoms with Gasteiger partial charge in [-0.25, -0.2) is 4.79 Å². The molecule has 2 fully saturated rings. The van der Waals surface area contributed by atoms with Gasteiger partial charge in [0, 0.05) is 25.2 Å². The second kappa shape index (κ2) is 5.90. The van der Waals surface area contributed by atoms with E-state index < -0.39 is 5.60 Å². The van der Waals surface area contributed by atoms with Crippen LogP contribution in [0, 0.1) is 5.41 Å². The van der Waals surface area contributed by atoms with Crippen molar-refractivity contribution in [2.45, 2.75) is 58.2 Å². The summed E-state index contributed by atoms with van der Waals surface area (Å²) in [6, 6.07) is 0. The molecule has 1 atom stereocenters. The number of carbonyl (C=O) groups is 1. The van der Waals surface area contributed by atoms with Gasteiger partial charge in [0.1, 0.15) is 5.60 Å². The van der Waals surface area contributed by atoms with Gasteiger partial charge >= 0.3 is 6.09 Å². The van der Waals surface area contributed by atoms with E-state index in [1.54, 1.807) is 4.90 Å². The normalized spacial score (nSPS) is 24.8. The molecule has 5 nitrogen and oxygen atoms in total. The molecule has 1 N–H and O–H groups in total. The smallest absolute Gasteiger partial charge is 0.410 e. The van der Waals surface area contributed by atoms with E-state index in [9.17, 15) is 4.79 Å². The van der Waals surface area contributed by atoms with E-state index in [1.165, 1.54) is 12.8 Å². The molecule has 2 aliphatic rings. The number of amides is 1. The molecule has 0 radical (unpaired) electrons. The number of hydrogen-bond donors (Lipinski definition) is 1. The van der Waals surface area contributed by atoms with E-state index in [2.05, 4.69) is 0 Å². The van der Waals surface area contributed by atoms with Gasteiger partial charge in [0.05, 0.1) is 12.6 Å². The number of carbonyl (C=O) groups excluding carboxylic acids is 1. The Labute approximate surface area is 121 Å². The minimum atomic E-state index is -0.459. The van der Waals surface area contributed by atoms with Crippen molar-refractivity contribution in [2.75, 3.05) is 26.3 Å². The fourth-order valence-corrected chi connectivity index (χ4v) is 2.75. The van der Waals surface area contributed by atoms with Gasteiger partial charge in [-0.3, -0.25) is 0 Å². The van der Waals surface area contributed by atoms with Gasteiger partial charge in [0.25, 0.3) is 0 Å². The van der Waals surface area contributed by atoms with E-state index in [4.69, 9.17) is 14.6 Å². The molecule has 1 aliphatic carbocycles. The predicted octanol–water partition coefficient (Wildman–Crippen LogP) is 2.17. The summed E-state index contributed by atoms with van der Waals surface area (Å²) >= 11 is 0. The zero-order valence-electron chi connectivity index (χ0n) is 12.9. The van der Waals surface area contributed by atoms with Crippen LogP contribution in [0.4, 0.5) is 4.79 Å². The van der Waals surface area contributed by atoms with Gasteiger partial charge in [-0.2, -0.15) is 0 Å². The van der Waals surface area contributed by atoms with Crippen molar-refractivity contribution in [3.63, 3.8) is 0 Å². The SMILES string of the molecule is CC(C)(C)OC(=O)N1CCC2(CC2)C(OCCCO)C1. The Morgan fingerprint density at radius 3 is 2.60 bits per heavy atom. The van der Waals surface area contributed by atoms with E-state index >= 15 is 0 Å². The Bertz CT molecular complexity index is 346. The topological polar surface area (TPSA) is 59.0 Å². The van der Waals surface area contributed by atoms with Gasteiger partial charge in [0.15, 0.2) is 0 Å². The zero-order chi connectivity index (χ0) is 14.8. The third-order valence-corrected chi connectivity index (χ3v) is 4.11. The van der Waals surface area contributed by atoms with Gasteiger partial charge < -0.3 is 19.5 Å². The average molecular weight is 285 g/mol. The molecule has 1 unspecified atom stereocenters.